The third-order valence-corrected chi connectivity index (χ3v) is 4.15. The van der Waals surface area contributed by atoms with Gasteiger partial charge < -0.3 is 14.0 Å². The molecule has 25 heavy (non-hydrogen) atoms. The van der Waals surface area contributed by atoms with Crippen molar-refractivity contribution in [2.24, 2.45) is 0 Å². The minimum absolute atomic E-state index is 0.107. The lowest BCUT2D eigenvalue weighted by Crippen LogP contribution is -2.15. The maximum atomic E-state index is 12.2. The number of benzene rings is 2. The molecule has 0 amide bonds. The van der Waals surface area contributed by atoms with E-state index in [0.717, 1.165) is 22.6 Å². The highest BCUT2D eigenvalue weighted by atomic mass is 16.5. The Morgan fingerprint density at radius 2 is 1.68 bits per heavy atom. The number of pyridine rings is 1. The highest BCUT2D eigenvalue weighted by Gasteiger charge is 2.11. The van der Waals surface area contributed by atoms with Gasteiger partial charge in [-0.3, -0.25) is 4.79 Å². The molecule has 128 valence electrons. The van der Waals surface area contributed by atoms with Gasteiger partial charge >= 0.3 is 0 Å². The fourth-order valence-electron chi connectivity index (χ4n) is 2.75. The average Bonchev–Trinajstić information content (AvgIpc) is 2.65. The number of ether oxygens (including phenoxy) is 2. The number of aromatic nitrogens is 1. The summed E-state index contributed by atoms with van der Waals surface area (Å²) in [6.07, 6.45) is 1.79. The van der Waals surface area contributed by atoms with E-state index in [1.807, 2.05) is 66.1 Å². The van der Waals surface area contributed by atoms with Gasteiger partial charge in [0, 0.05) is 17.8 Å². The van der Waals surface area contributed by atoms with Gasteiger partial charge in [0.05, 0.1) is 19.3 Å². The Hall–Kier alpha value is -3.01. The summed E-state index contributed by atoms with van der Waals surface area (Å²) in [4.78, 5) is 12.2. The molecule has 0 unspecified atom stereocenters. The molecule has 0 fully saturated rings. The first-order valence-corrected chi connectivity index (χ1v) is 8.17. The molecule has 0 saturated carbocycles. The van der Waals surface area contributed by atoms with Crippen LogP contribution in [0, 0.1) is 6.92 Å². The van der Waals surface area contributed by atoms with Crippen molar-refractivity contribution in [1.82, 2.24) is 4.57 Å². The second-order valence-electron chi connectivity index (χ2n) is 5.81. The van der Waals surface area contributed by atoms with Gasteiger partial charge in [0.25, 0.3) is 0 Å². The second-order valence-corrected chi connectivity index (χ2v) is 5.81. The van der Waals surface area contributed by atoms with Crippen LogP contribution in [0.3, 0.4) is 0 Å². The maximum Gasteiger partial charge on any atom is 0.223 e. The molecule has 0 aliphatic rings. The van der Waals surface area contributed by atoms with E-state index in [9.17, 15) is 4.79 Å². The van der Waals surface area contributed by atoms with Gasteiger partial charge in [-0.25, -0.2) is 0 Å². The van der Waals surface area contributed by atoms with E-state index >= 15 is 0 Å². The lowest BCUT2D eigenvalue weighted by Gasteiger charge is -2.16. The number of rotatable bonds is 6. The molecule has 4 heteroatoms. The number of hydrogen-bond acceptors (Lipinski definition) is 3. The van der Waals surface area contributed by atoms with Gasteiger partial charge in [-0.05, 0) is 18.6 Å². The molecule has 2 aromatic carbocycles. The number of nitrogens with zero attached hydrogens (tertiary/aromatic N) is 1. The first-order valence-electron chi connectivity index (χ1n) is 8.17. The Bertz CT molecular complexity index is 901. The second kappa shape index (κ2) is 7.71. The quantitative estimate of drug-likeness (QED) is 0.688. The van der Waals surface area contributed by atoms with E-state index in [-0.39, 0.29) is 5.43 Å². The van der Waals surface area contributed by atoms with E-state index in [4.69, 9.17) is 9.47 Å². The van der Waals surface area contributed by atoms with Gasteiger partial charge in [-0.15, -0.1) is 0 Å². The standard InChI is InChI=1S/C21H21NO3/c1-16-21(25-15-17-8-4-3-5-9-17)19(23)12-13-22(16)14-18-10-6-7-11-20(18)24-2/h3-13H,14-15H2,1-2H3. The Balaban J connectivity index is 1.85. The van der Waals surface area contributed by atoms with Crippen LogP contribution in [0.1, 0.15) is 16.8 Å². The first kappa shape index (κ1) is 16.8. The Morgan fingerprint density at radius 1 is 0.960 bits per heavy atom. The molecule has 1 heterocycles. The summed E-state index contributed by atoms with van der Waals surface area (Å²) in [5, 5.41) is 0. The van der Waals surface area contributed by atoms with Crippen LogP contribution in [0.15, 0.2) is 71.7 Å². The largest absolute Gasteiger partial charge is 0.496 e. The highest BCUT2D eigenvalue weighted by molar-refractivity contribution is 5.35. The molecule has 0 aliphatic heterocycles. The molecule has 0 N–H and O–H groups in total. The summed E-state index contributed by atoms with van der Waals surface area (Å²) in [6, 6.07) is 19.2. The molecule has 0 aliphatic carbocycles. The van der Waals surface area contributed by atoms with Gasteiger partial charge in [-0.1, -0.05) is 48.5 Å². The van der Waals surface area contributed by atoms with Crippen LogP contribution in [0.4, 0.5) is 0 Å². The predicted molar refractivity (Wildman–Crippen MR) is 98.3 cm³/mol. The Labute approximate surface area is 147 Å². The number of methoxy groups -OCH3 is 1. The molecular formula is C21H21NO3. The van der Waals surface area contributed by atoms with Crippen LogP contribution in [0.25, 0.3) is 0 Å². The van der Waals surface area contributed by atoms with E-state index in [1.165, 1.54) is 0 Å². The molecule has 4 nitrogen and oxygen atoms in total. The third-order valence-electron chi connectivity index (χ3n) is 4.15. The zero-order valence-electron chi connectivity index (χ0n) is 14.4. The monoisotopic (exact) mass is 335 g/mol. The van der Waals surface area contributed by atoms with Crippen molar-refractivity contribution in [3.05, 3.63) is 93.9 Å². The van der Waals surface area contributed by atoms with Gasteiger partial charge in [0.15, 0.2) is 5.75 Å². The Morgan fingerprint density at radius 3 is 2.44 bits per heavy atom. The van der Waals surface area contributed by atoms with Crippen LogP contribution in [-0.4, -0.2) is 11.7 Å². The Kier molecular flexibility index (Phi) is 5.19. The van der Waals surface area contributed by atoms with Crippen molar-refractivity contribution in [3.63, 3.8) is 0 Å². The molecular weight excluding hydrogens is 314 g/mol. The van der Waals surface area contributed by atoms with E-state index in [2.05, 4.69) is 0 Å². The lowest BCUT2D eigenvalue weighted by atomic mass is 10.2. The van der Waals surface area contributed by atoms with E-state index in [0.29, 0.717) is 18.9 Å². The summed E-state index contributed by atoms with van der Waals surface area (Å²) in [7, 11) is 1.66. The smallest absolute Gasteiger partial charge is 0.223 e. The minimum atomic E-state index is -0.107. The average molecular weight is 335 g/mol. The molecule has 0 radical (unpaired) electrons. The summed E-state index contributed by atoms with van der Waals surface area (Å²) < 4.78 is 13.2. The van der Waals surface area contributed by atoms with E-state index in [1.54, 1.807) is 19.4 Å². The SMILES string of the molecule is COc1ccccc1Cn1ccc(=O)c(OCc2ccccc2)c1C. The number of hydrogen-bond donors (Lipinski definition) is 0. The molecule has 3 rings (SSSR count). The summed E-state index contributed by atoms with van der Waals surface area (Å²) in [5.41, 5.74) is 2.77. The fourth-order valence-corrected chi connectivity index (χ4v) is 2.75. The van der Waals surface area contributed by atoms with Crippen molar-refractivity contribution in [3.8, 4) is 11.5 Å². The molecule has 0 bridgehead atoms. The predicted octanol–water partition coefficient (Wildman–Crippen LogP) is 3.79. The summed E-state index contributed by atoms with van der Waals surface area (Å²) in [5.74, 6) is 1.22. The topological polar surface area (TPSA) is 40.5 Å². The maximum absolute atomic E-state index is 12.2. The first-order chi connectivity index (χ1) is 12.2. The van der Waals surface area contributed by atoms with Crippen LogP contribution < -0.4 is 14.9 Å². The van der Waals surface area contributed by atoms with Crippen molar-refractivity contribution in [2.45, 2.75) is 20.1 Å². The van der Waals surface area contributed by atoms with Crippen molar-refractivity contribution in [2.75, 3.05) is 7.11 Å². The van der Waals surface area contributed by atoms with E-state index < -0.39 is 0 Å². The van der Waals surface area contributed by atoms with Crippen molar-refractivity contribution >= 4 is 0 Å². The highest BCUT2D eigenvalue weighted by Crippen LogP contribution is 2.21. The number of para-hydroxylation sites is 1. The minimum Gasteiger partial charge on any atom is -0.496 e. The van der Waals surface area contributed by atoms with Crippen molar-refractivity contribution in [1.29, 1.82) is 0 Å². The van der Waals surface area contributed by atoms with Crippen LogP contribution >= 0.6 is 0 Å². The fraction of sp³-hybridized carbons (Fsp3) is 0.190. The normalized spacial score (nSPS) is 10.5. The zero-order chi connectivity index (χ0) is 17.6. The molecule has 3 aromatic rings. The van der Waals surface area contributed by atoms with Crippen LogP contribution in [0.2, 0.25) is 0 Å². The zero-order valence-corrected chi connectivity index (χ0v) is 14.4. The van der Waals surface area contributed by atoms with Crippen LogP contribution in [0.5, 0.6) is 11.5 Å². The molecule has 1 aromatic heterocycles. The lowest BCUT2D eigenvalue weighted by molar-refractivity contribution is 0.297. The molecule has 0 saturated heterocycles. The van der Waals surface area contributed by atoms with Gasteiger partial charge in [0.2, 0.25) is 5.43 Å². The molecule has 0 spiro atoms. The van der Waals surface area contributed by atoms with Gasteiger partial charge in [0.1, 0.15) is 12.4 Å². The van der Waals surface area contributed by atoms with Gasteiger partial charge in [-0.2, -0.15) is 0 Å². The third kappa shape index (κ3) is 3.91. The molecule has 0 atom stereocenters. The van der Waals surface area contributed by atoms with Crippen molar-refractivity contribution < 1.29 is 9.47 Å². The van der Waals surface area contributed by atoms with Crippen LogP contribution in [-0.2, 0) is 13.2 Å². The summed E-state index contributed by atoms with van der Waals surface area (Å²) >= 11 is 0. The summed E-state index contributed by atoms with van der Waals surface area (Å²) in [6.45, 7) is 2.88.